The Labute approximate surface area is 101 Å². The maximum absolute atomic E-state index is 8.96. The molecule has 0 aromatic heterocycles. The predicted molar refractivity (Wildman–Crippen MR) is 68.1 cm³/mol. The second kappa shape index (κ2) is 6.25. The summed E-state index contributed by atoms with van der Waals surface area (Å²) in [6.07, 6.45) is 8.07. The fraction of sp³-hybridized carbons (Fsp3) is 0.929. The van der Waals surface area contributed by atoms with E-state index >= 15 is 0 Å². The summed E-state index contributed by atoms with van der Waals surface area (Å²) >= 11 is 0. The average molecular weight is 222 g/mol. The third-order valence-electron chi connectivity index (χ3n) is 3.72. The van der Waals surface area contributed by atoms with Gasteiger partial charge in [0.05, 0.1) is 11.5 Å². The predicted octanol–water partition coefficient (Wildman–Crippen LogP) is 3.44. The summed E-state index contributed by atoms with van der Waals surface area (Å²) in [5, 5.41) is 8.96. The Hall–Kier alpha value is -0.550. The molecule has 0 aliphatic heterocycles. The molecular weight excluding hydrogens is 196 g/mol. The van der Waals surface area contributed by atoms with E-state index in [2.05, 4.69) is 18.0 Å². The number of nitrogens with zero attached hydrogens (tertiary/aromatic N) is 2. The van der Waals surface area contributed by atoms with Crippen LogP contribution in [0.5, 0.6) is 0 Å². The van der Waals surface area contributed by atoms with Gasteiger partial charge in [0.1, 0.15) is 0 Å². The minimum atomic E-state index is -0.166. The van der Waals surface area contributed by atoms with Crippen molar-refractivity contribution in [3.8, 4) is 6.07 Å². The standard InChI is InChI=1S/C14H26N2/c1-14(2,12-15)9-10-16(3)11-13-7-5-4-6-8-13/h13H,4-11H2,1-3H3. The summed E-state index contributed by atoms with van der Waals surface area (Å²) < 4.78 is 0. The van der Waals surface area contributed by atoms with Gasteiger partial charge in [0.25, 0.3) is 0 Å². The van der Waals surface area contributed by atoms with Crippen LogP contribution in [0.3, 0.4) is 0 Å². The van der Waals surface area contributed by atoms with Crippen molar-refractivity contribution in [3.05, 3.63) is 0 Å². The van der Waals surface area contributed by atoms with Crippen LogP contribution < -0.4 is 0 Å². The van der Waals surface area contributed by atoms with Crippen molar-refractivity contribution < 1.29 is 0 Å². The molecule has 1 aliphatic carbocycles. The van der Waals surface area contributed by atoms with Gasteiger partial charge < -0.3 is 4.90 Å². The average Bonchev–Trinajstić information content (AvgIpc) is 2.28. The van der Waals surface area contributed by atoms with Gasteiger partial charge in [-0.2, -0.15) is 5.26 Å². The molecule has 0 bridgehead atoms. The summed E-state index contributed by atoms with van der Waals surface area (Å²) in [5.41, 5.74) is -0.166. The van der Waals surface area contributed by atoms with Crippen LogP contribution in [0.4, 0.5) is 0 Å². The van der Waals surface area contributed by atoms with E-state index < -0.39 is 0 Å². The molecule has 2 nitrogen and oxygen atoms in total. The van der Waals surface area contributed by atoms with Crippen molar-refractivity contribution in [2.45, 2.75) is 52.4 Å². The van der Waals surface area contributed by atoms with Crippen LogP contribution in [0.2, 0.25) is 0 Å². The van der Waals surface area contributed by atoms with Crippen LogP contribution in [0, 0.1) is 22.7 Å². The van der Waals surface area contributed by atoms with Gasteiger partial charge in [0.15, 0.2) is 0 Å². The maximum atomic E-state index is 8.96. The molecule has 0 saturated heterocycles. The summed E-state index contributed by atoms with van der Waals surface area (Å²) in [4.78, 5) is 2.41. The van der Waals surface area contributed by atoms with Gasteiger partial charge in [-0.1, -0.05) is 19.3 Å². The molecule has 1 rings (SSSR count). The Balaban J connectivity index is 2.20. The molecule has 0 amide bonds. The summed E-state index contributed by atoms with van der Waals surface area (Å²) in [6.45, 7) is 6.33. The monoisotopic (exact) mass is 222 g/mol. The molecule has 2 heteroatoms. The zero-order chi connectivity index (χ0) is 12.0. The third-order valence-corrected chi connectivity index (χ3v) is 3.72. The van der Waals surface area contributed by atoms with Crippen molar-refractivity contribution in [2.75, 3.05) is 20.1 Å². The van der Waals surface area contributed by atoms with Crippen molar-refractivity contribution in [1.82, 2.24) is 4.90 Å². The molecule has 16 heavy (non-hydrogen) atoms. The van der Waals surface area contributed by atoms with Gasteiger partial charge in [-0.25, -0.2) is 0 Å². The number of hydrogen-bond acceptors (Lipinski definition) is 2. The quantitative estimate of drug-likeness (QED) is 0.712. The van der Waals surface area contributed by atoms with Crippen molar-refractivity contribution >= 4 is 0 Å². The molecule has 0 N–H and O–H groups in total. The van der Waals surface area contributed by atoms with Gasteiger partial charge in [-0.15, -0.1) is 0 Å². The van der Waals surface area contributed by atoms with Gasteiger partial charge in [0.2, 0.25) is 0 Å². The smallest absolute Gasteiger partial charge is 0.0684 e. The minimum Gasteiger partial charge on any atom is -0.306 e. The van der Waals surface area contributed by atoms with E-state index in [-0.39, 0.29) is 5.41 Å². The fourth-order valence-corrected chi connectivity index (χ4v) is 2.43. The largest absolute Gasteiger partial charge is 0.306 e. The first-order chi connectivity index (χ1) is 7.53. The van der Waals surface area contributed by atoms with Gasteiger partial charge >= 0.3 is 0 Å². The lowest BCUT2D eigenvalue weighted by atomic mass is 9.88. The summed E-state index contributed by atoms with van der Waals surface area (Å²) in [7, 11) is 2.20. The highest BCUT2D eigenvalue weighted by Gasteiger charge is 2.19. The van der Waals surface area contributed by atoms with Crippen LogP contribution in [-0.2, 0) is 0 Å². The fourth-order valence-electron chi connectivity index (χ4n) is 2.43. The molecule has 92 valence electrons. The molecule has 0 aromatic rings. The second-order valence-corrected chi connectivity index (χ2v) is 6.01. The van der Waals surface area contributed by atoms with E-state index in [1.54, 1.807) is 0 Å². The molecule has 1 fully saturated rings. The Morgan fingerprint density at radius 2 is 1.88 bits per heavy atom. The van der Waals surface area contributed by atoms with Gasteiger partial charge in [-0.3, -0.25) is 0 Å². The lowest BCUT2D eigenvalue weighted by Crippen LogP contribution is -2.30. The lowest BCUT2D eigenvalue weighted by Gasteiger charge is -2.28. The third kappa shape index (κ3) is 4.99. The molecule has 0 aromatic carbocycles. The number of nitriles is 1. The topological polar surface area (TPSA) is 27.0 Å². The molecular formula is C14H26N2. The molecule has 0 atom stereocenters. The Kier molecular flexibility index (Phi) is 5.28. The molecule has 1 saturated carbocycles. The van der Waals surface area contributed by atoms with E-state index in [1.165, 1.54) is 38.6 Å². The lowest BCUT2D eigenvalue weighted by molar-refractivity contribution is 0.216. The Morgan fingerprint density at radius 3 is 2.44 bits per heavy atom. The van der Waals surface area contributed by atoms with E-state index in [1.807, 2.05) is 13.8 Å². The molecule has 0 unspecified atom stereocenters. The van der Waals surface area contributed by atoms with Crippen LogP contribution in [0.1, 0.15) is 52.4 Å². The summed E-state index contributed by atoms with van der Waals surface area (Å²) in [6, 6.07) is 2.37. The highest BCUT2D eigenvalue weighted by molar-refractivity contribution is 4.91. The van der Waals surface area contributed by atoms with E-state index in [0.29, 0.717) is 0 Å². The SMILES string of the molecule is CN(CCC(C)(C)C#N)CC1CCCCC1. The van der Waals surface area contributed by atoms with E-state index in [0.717, 1.165) is 18.9 Å². The normalized spacial score (nSPS) is 18.7. The second-order valence-electron chi connectivity index (χ2n) is 6.01. The minimum absolute atomic E-state index is 0.166. The van der Waals surface area contributed by atoms with Crippen LogP contribution in [-0.4, -0.2) is 25.0 Å². The van der Waals surface area contributed by atoms with Gasteiger partial charge in [0, 0.05) is 6.54 Å². The van der Waals surface area contributed by atoms with Crippen molar-refractivity contribution in [1.29, 1.82) is 5.26 Å². The van der Waals surface area contributed by atoms with E-state index in [9.17, 15) is 0 Å². The zero-order valence-electron chi connectivity index (χ0n) is 11.1. The Bertz CT molecular complexity index is 234. The first-order valence-corrected chi connectivity index (χ1v) is 6.63. The highest BCUT2D eigenvalue weighted by Crippen LogP contribution is 2.25. The maximum Gasteiger partial charge on any atom is 0.0684 e. The zero-order valence-corrected chi connectivity index (χ0v) is 11.1. The van der Waals surface area contributed by atoms with Crippen LogP contribution in [0.25, 0.3) is 0 Å². The molecule has 0 spiro atoms. The number of rotatable bonds is 5. The molecule has 1 aliphatic rings. The first-order valence-electron chi connectivity index (χ1n) is 6.63. The highest BCUT2D eigenvalue weighted by atomic mass is 15.1. The number of hydrogen-bond donors (Lipinski definition) is 0. The van der Waals surface area contributed by atoms with E-state index in [4.69, 9.17) is 5.26 Å². The van der Waals surface area contributed by atoms with Crippen molar-refractivity contribution in [2.24, 2.45) is 11.3 Å². The molecule has 0 radical (unpaired) electrons. The first kappa shape index (κ1) is 13.5. The van der Waals surface area contributed by atoms with Crippen LogP contribution >= 0.6 is 0 Å². The van der Waals surface area contributed by atoms with Gasteiger partial charge in [-0.05, 0) is 52.6 Å². The van der Waals surface area contributed by atoms with Crippen LogP contribution in [0.15, 0.2) is 0 Å². The Morgan fingerprint density at radius 1 is 1.25 bits per heavy atom. The summed E-state index contributed by atoms with van der Waals surface area (Å²) in [5.74, 6) is 0.906. The van der Waals surface area contributed by atoms with Crippen molar-refractivity contribution in [3.63, 3.8) is 0 Å². The molecule has 0 heterocycles.